The van der Waals surface area contributed by atoms with Crippen molar-refractivity contribution in [1.29, 1.82) is 0 Å². The third-order valence-electron chi connectivity index (χ3n) is 3.73. The quantitative estimate of drug-likeness (QED) is 0.839. The second-order valence-corrected chi connectivity index (χ2v) is 5.49. The van der Waals surface area contributed by atoms with Gasteiger partial charge in [0.2, 0.25) is 5.91 Å². The maximum absolute atomic E-state index is 11.8. The average molecular weight is 290 g/mol. The first-order valence-electron chi connectivity index (χ1n) is 7.44. The smallest absolute Gasteiger partial charge is 0.251 e. The zero-order valence-corrected chi connectivity index (χ0v) is 12.1. The Morgan fingerprint density at radius 2 is 2.00 bits per heavy atom. The number of carbonyl (C=O) groups is 2. The van der Waals surface area contributed by atoms with Crippen LogP contribution in [0, 0.1) is 5.92 Å². The molecule has 1 aromatic rings. The highest BCUT2D eigenvalue weighted by Crippen LogP contribution is 2.24. The van der Waals surface area contributed by atoms with Crippen LogP contribution in [0.4, 0.5) is 0 Å². The molecule has 0 aliphatic heterocycles. The number of amides is 2. The Morgan fingerprint density at radius 3 is 2.71 bits per heavy atom. The number of nitrogens with one attached hydrogen (secondary N) is 1. The van der Waals surface area contributed by atoms with E-state index in [9.17, 15) is 9.59 Å². The number of hydrogen-bond acceptors (Lipinski definition) is 3. The molecule has 1 saturated carbocycles. The largest absolute Gasteiger partial charge is 0.493 e. The summed E-state index contributed by atoms with van der Waals surface area (Å²) in [5.41, 5.74) is 5.47. The molecule has 0 bridgehead atoms. The lowest BCUT2D eigenvalue weighted by atomic mass is 9.90. The number of primary amides is 1. The molecule has 2 amide bonds. The van der Waals surface area contributed by atoms with Gasteiger partial charge >= 0.3 is 0 Å². The molecule has 1 aliphatic carbocycles. The Morgan fingerprint density at radius 1 is 1.24 bits per heavy atom. The fourth-order valence-corrected chi connectivity index (χ4v) is 2.56. The summed E-state index contributed by atoms with van der Waals surface area (Å²) in [7, 11) is 0. The summed E-state index contributed by atoms with van der Waals surface area (Å²) >= 11 is 0. The summed E-state index contributed by atoms with van der Waals surface area (Å²) in [6, 6.07) is 6.99. The molecule has 0 unspecified atom stereocenters. The van der Waals surface area contributed by atoms with Crippen LogP contribution in [-0.2, 0) is 4.79 Å². The SMILES string of the molecule is NC(=O)CNC(=O)c1cccc(OCC2CCCCC2)c1. The summed E-state index contributed by atoms with van der Waals surface area (Å²) < 4.78 is 5.79. The van der Waals surface area contributed by atoms with E-state index in [1.54, 1.807) is 18.2 Å². The van der Waals surface area contributed by atoms with E-state index in [2.05, 4.69) is 5.32 Å². The monoisotopic (exact) mass is 290 g/mol. The number of carbonyl (C=O) groups excluding carboxylic acids is 2. The van der Waals surface area contributed by atoms with Crippen molar-refractivity contribution < 1.29 is 14.3 Å². The molecule has 0 radical (unpaired) electrons. The molecule has 1 aromatic carbocycles. The lowest BCUT2D eigenvalue weighted by molar-refractivity contribution is -0.117. The van der Waals surface area contributed by atoms with Gasteiger partial charge in [0.1, 0.15) is 5.75 Å². The number of benzene rings is 1. The molecule has 2 rings (SSSR count). The van der Waals surface area contributed by atoms with Gasteiger partial charge < -0.3 is 15.8 Å². The van der Waals surface area contributed by atoms with Crippen molar-refractivity contribution in [3.05, 3.63) is 29.8 Å². The summed E-state index contributed by atoms with van der Waals surface area (Å²) in [5.74, 6) is 0.420. The van der Waals surface area contributed by atoms with E-state index in [0.717, 1.165) is 0 Å². The molecule has 5 nitrogen and oxygen atoms in total. The van der Waals surface area contributed by atoms with Crippen molar-refractivity contribution in [1.82, 2.24) is 5.32 Å². The van der Waals surface area contributed by atoms with Gasteiger partial charge in [0.25, 0.3) is 5.91 Å². The molecule has 114 valence electrons. The maximum Gasteiger partial charge on any atom is 0.251 e. The summed E-state index contributed by atoms with van der Waals surface area (Å²) in [4.78, 5) is 22.5. The first kappa shape index (κ1) is 15.4. The molecule has 0 atom stereocenters. The highest BCUT2D eigenvalue weighted by atomic mass is 16.5. The Balaban J connectivity index is 1.87. The average Bonchev–Trinajstić information content (AvgIpc) is 2.52. The molecule has 0 saturated heterocycles. The first-order chi connectivity index (χ1) is 10.1. The van der Waals surface area contributed by atoms with Crippen molar-refractivity contribution in [2.75, 3.05) is 13.2 Å². The lowest BCUT2D eigenvalue weighted by Crippen LogP contribution is -2.33. The highest BCUT2D eigenvalue weighted by molar-refractivity contribution is 5.96. The van der Waals surface area contributed by atoms with Crippen LogP contribution >= 0.6 is 0 Å². The number of nitrogens with two attached hydrogens (primary N) is 1. The number of hydrogen-bond donors (Lipinski definition) is 2. The molecular weight excluding hydrogens is 268 g/mol. The van der Waals surface area contributed by atoms with Crippen LogP contribution in [0.5, 0.6) is 5.75 Å². The number of ether oxygens (including phenoxy) is 1. The van der Waals surface area contributed by atoms with Crippen LogP contribution in [0.3, 0.4) is 0 Å². The van der Waals surface area contributed by atoms with Gasteiger partial charge in [0.15, 0.2) is 0 Å². The molecular formula is C16H22N2O3. The second kappa shape index (κ2) is 7.67. The zero-order chi connectivity index (χ0) is 15.1. The molecule has 5 heteroatoms. The van der Waals surface area contributed by atoms with Crippen LogP contribution in [-0.4, -0.2) is 25.0 Å². The summed E-state index contributed by atoms with van der Waals surface area (Å²) in [6.45, 7) is 0.540. The van der Waals surface area contributed by atoms with E-state index >= 15 is 0 Å². The van der Waals surface area contributed by atoms with Gasteiger partial charge in [-0.25, -0.2) is 0 Å². The Kier molecular flexibility index (Phi) is 5.60. The molecule has 21 heavy (non-hydrogen) atoms. The minimum absolute atomic E-state index is 0.161. The van der Waals surface area contributed by atoms with Crippen molar-refractivity contribution in [3.63, 3.8) is 0 Å². The lowest BCUT2D eigenvalue weighted by Gasteiger charge is -2.21. The standard InChI is InChI=1S/C16H22N2O3/c17-15(19)10-18-16(20)13-7-4-8-14(9-13)21-11-12-5-2-1-3-6-12/h4,7-9,12H,1-3,5-6,10-11H2,(H2,17,19)(H,18,20). The van der Waals surface area contributed by atoms with E-state index in [0.29, 0.717) is 23.8 Å². The molecule has 1 aliphatic rings. The van der Waals surface area contributed by atoms with Crippen molar-refractivity contribution in [3.8, 4) is 5.75 Å². The fraction of sp³-hybridized carbons (Fsp3) is 0.500. The van der Waals surface area contributed by atoms with E-state index in [4.69, 9.17) is 10.5 Å². The third kappa shape index (κ3) is 5.10. The molecule has 1 fully saturated rings. The molecule has 0 aromatic heterocycles. The number of rotatable bonds is 6. The van der Waals surface area contributed by atoms with E-state index < -0.39 is 5.91 Å². The van der Waals surface area contributed by atoms with Crippen LogP contribution < -0.4 is 15.8 Å². The van der Waals surface area contributed by atoms with Gasteiger partial charge in [0.05, 0.1) is 13.2 Å². The van der Waals surface area contributed by atoms with Crippen LogP contribution in [0.15, 0.2) is 24.3 Å². The van der Waals surface area contributed by atoms with Gasteiger partial charge in [-0.2, -0.15) is 0 Å². The maximum atomic E-state index is 11.8. The Hall–Kier alpha value is -2.04. The Labute approximate surface area is 124 Å². The highest BCUT2D eigenvalue weighted by Gasteiger charge is 2.14. The van der Waals surface area contributed by atoms with Crippen LogP contribution in [0.1, 0.15) is 42.5 Å². The molecule has 3 N–H and O–H groups in total. The topological polar surface area (TPSA) is 81.4 Å². The third-order valence-corrected chi connectivity index (χ3v) is 3.73. The van der Waals surface area contributed by atoms with Crippen LogP contribution in [0.25, 0.3) is 0 Å². The minimum atomic E-state index is -0.562. The summed E-state index contributed by atoms with van der Waals surface area (Å²) in [5, 5.41) is 2.46. The van der Waals surface area contributed by atoms with Crippen molar-refractivity contribution in [2.24, 2.45) is 11.7 Å². The predicted molar refractivity (Wildman–Crippen MR) is 80.0 cm³/mol. The normalized spacial score (nSPS) is 15.4. The zero-order valence-electron chi connectivity index (χ0n) is 12.1. The van der Waals surface area contributed by atoms with Gasteiger partial charge in [-0.3, -0.25) is 9.59 Å². The van der Waals surface area contributed by atoms with E-state index in [1.165, 1.54) is 32.1 Å². The van der Waals surface area contributed by atoms with E-state index in [1.807, 2.05) is 6.07 Å². The second-order valence-electron chi connectivity index (χ2n) is 5.49. The van der Waals surface area contributed by atoms with Gasteiger partial charge in [-0.15, -0.1) is 0 Å². The van der Waals surface area contributed by atoms with Crippen molar-refractivity contribution in [2.45, 2.75) is 32.1 Å². The predicted octanol–water partition coefficient (Wildman–Crippen LogP) is 1.86. The van der Waals surface area contributed by atoms with Crippen LogP contribution in [0.2, 0.25) is 0 Å². The first-order valence-corrected chi connectivity index (χ1v) is 7.44. The fourth-order valence-electron chi connectivity index (χ4n) is 2.56. The van der Waals surface area contributed by atoms with Gasteiger partial charge in [-0.1, -0.05) is 25.3 Å². The Bertz CT molecular complexity index is 496. The minimum Gasteiger partial charge on any atom is -0.493 e. The van der Waals surface area contributed by atoms with Gasteiger partial charge in [-0.05, 0) is 37.0 Å². The van der Waals surface area contributed by atoms with E-state index in [-0.39, 0.29) is 12.5 Å². The van der Waals surface area contributed by atoms with Crippen molar-refractivity contribution >= 4 is 11.8 Å². The molecule has 0 spiro atoms. The van der Waals surface area contributed by atoms with Gasteiger partial charge in [0, 0.05) is 5.56 Å². The summed E-state index contributed by atoms with van der Waals surface area (Å²) in [6.07, 6.45) is 6.33. The molecule has 0 heterocycles.